The summed E-state index contributed by atoms with van der Waals surface area (Å²) < 4.78 is 26.9. The van der Waals surface area contributed by atoms with Crippen LogP contribution in [0, 0.1) is 0 Å². The molecular weight excluding hydrogens is 354 g/mol. The molecule has 0 amide bonds. The molecule has 1 aromatic heterocycles. The first kappa shape index (κ1) is 16.9. The number of aromatic nitrogens is 1. The van der Waals surface area contributed by atoms with Crippen molar-refractivity contribution in [2.24, 2.45) is 5.73 Å². The maximum Gasteiger partial charge on any atom is 0.214 e. The Balaban J connectivity index is 2.19. The molecule has 0 atom stereocenters. The Morgan fingerprint density at radius 1 is 1.43 bits per heavy atom. The number of nitrogens with two attached hydrogens (primary N) is 1. The van der Waals surface area contributed by atoms with E-state index in [2.05, 4.69) is 20.9 Å². The molecule has 1 aliphatic heterocycles. The maximum absolute atomic E-state index is 12.2. The Morgan fingerprint density at radius 3 is 2.62 bits per heavy atom. The lowest BCUT2D eigenvalue weighted by Crippen LogP contribution is -2.49. The molecule has 0 aromatic carbocycles. The van der Waals surface area contributed by atoms with Crippen molar-refractivity contribution in [3.8, 4) is 0 Å². The van der Waals surface area contributed by atoms with Crippen molar-refractivity contribution in [2.45, 2.75) is 31.6 Å². The molecule has 118 valence electrons. The summed E-state index contributed by atoms with van der Waals surface area (Å²) in [6.45, 7) is 3.39. The van der Waals surface area contributed by atoms with Crippen LogP contribution in [0.2, 0.25) is 0 Å². The van der Waals surface area contributed by atoms with Crippen LogP contribution < -0.4 is 5.73 Å². The fourth-order valence-electron chi connectivity index (χ4n) is 2.89. The number of hydrogen-bond donors (Lipinski definition) is 1. The van der Waals surface area contributed by atoms with E-state index in [0.717, 1.165) is 10.2 Å². The second-order valence-corrected chi connectivity index (χ2v) is 8.48. The second-order valence-electron chi connectivity index (χ2n) is 5.53. The molecule has 1 aliphatic rings. The minimum Gasteiger partial charge on any atom is -0.330 e. The van der Waals surface area contributed by atoms with E-state index < -0.39 is 10.0 Å². The fraction of sp³-hybridized carbons (Fsp3) is 0.643. The Labute approximate surface area is 135 Å². The molecule has 0 spiro atoms. The molecule has 2 rings (SSSR count). The van der Waals surface area contributed by atoms with Gasteiger partial charge < -0.3 is 5.73 Å². The van der Waals surface area contributed by atoms with E-state index in [1.54, 1.807) is 10.5 Å². The smallest absolute Gasteiger partial charge is 0.214 e. The van der Waals surface area contributed by atoms with Gasteiger partial charge in [-0.15, -0.1) is 0 Å². The average molecular weight is 376 g/mol. The molecule has 5 nitrogen and oxygen atoms in total. The molecule has 1 aromatic rings. The Hall–Kier alpha value is -0.500. The molecule has 0 bridgehead atoms. The quantitative estimate of drug-likeness (QED) is 0.851. The van der Waals surface area contributed by atoms with Crippen molar-refractivity contribution in [3.05, 3.63) is 28.5 Å². The van der Waals surface area contributed by atoms with Crippen molar-refractivity contribution in [2.75, 3.05) is 25.4 Å². The predicted octanol–water partition coefficient (Wildman–Crippen LogP) is 1.88. The van der Waals surface area contributed by atoms with Gasteiger partial charge in [-0.1, -0.05) is 6.92 Å². The van der Waals surface area contributed by atoms with E-state index in [-0.39, 0.29) is 11.2 Å². The van der Waals surface area contributed by atoms with Crippen LogP contribution in [0.15, 0.2) is 22.8 Å². The summed E-state index contributed by atoms with van der Waals surface area (Å²) in [5.74, 6) is 0.218. The zero-order chi connectivity index (χ0) is 15.5. The van der Waals surface area contributed by atoms with Crippen molar-refractivity contribution in [1.82, 2.24) is 9.29 Å². The third-order valence-corrected chi connectivity index (χ3v) is 6.90. The molecule has 21 heavy (non-hydrogen) atoms. The first-order valence-electron chi connectivity index (χ1n) is 7.24. The van der Waals surface area contributed by atoms with Gasteiger partial charge >= 0.3 is 0 Å². The standard InChI is InChI=1S/C14H22BrN3O2S/c1-2-10-21(19,20)18-8-5-14(11-16,6-9-18)13-12(15)4-3-7-17-13/h3-4,7H,2,5-6,8-11,16H2,1H3. The zero-order valence-corrected chi connectivity index (χ0v) is 14.7. The van der Waals surface area contributed by atoms with Crippen LogP contribution in [0.5, 0.6) is 0 Å². The van der Waals surface area contributed by atoms with Gasteiger partial charge in [0.15, 0.2) is 0 Å². The van der Waals surface area contributed by atoms with Crippen LogP contribution in [0.1, 0.15) is 31.9 Å². The molecule has 1 fully saturated rings. The number of hydrogen-bond acceptors (Lipinski definition) is 4. The van der Waals surface area contributed by atoms with Gasteiger partial charge in [0, 0.05) is 35.7 Å². The number of sulfonamides is 1. The molecule has 2 heterocycles. The minimum atomic E-state index is -3.12. The summed E-state index contributed by atoms with van der Waals surface area (Å²) in [5, 5.41) is 0. The number of piperidine rings is 1. The van der Waals surface area contributed by atoms with Crippen molar-refractivity contribution in [3.63, 3.8) is 0 Å². The van der Waals surface area contributed by atoms with Crippen molar-refractivity contribution < 1.29 is 8.42 Å². The summed E-state index contributed by atoms with van der Waals surface area (Å²) >= 11 is 3.54. The van der Waals surface area contributed by atoms with Crippen molar-refractivity contribution >= 4 is 26.0 Å². The Kier molecular flexibility index (Phi) is 5.40. The van der Waals surface area contributed by atoms with Crippen molar-refractivity contribution in [1.29, 1.82) is 0 Å². The summed E-state index contributed by atoms with van der Waals surface area (Å²) in [7, 11) is -3.12. The molecular formula is C14H22BrN3O2S. The van der Waals surface area contributed by atoms with Crippen LogP contribution in [-0.2, 0) is 15.4 Å². The Morgan fingerprint density at radius 2 is 2.10 bits per heavy atom. The number of nitrogens with zero attached hydrogens (tertiary/aromatic N) is 2. The molecule has 2 N–H and O–H groups in total. The lowest BCUT2D eigenvalue weighted by molar-refractivity contribution is 0.232. The molecule has 0 radical (unpaired) electrons. The third kappa shape index (κ3) is 3.47. The minimum absolute atomic E-state index is 0.218. The number of rotatable bonds is 5. The van der Waals surface area contributed by atoms with Crippen LogP contribution >= 0.6 is 15.9 Å². The normalized spacial score (nSPS) is 19.6. The molecule has 0 unspecified atom stereocenters. The molecule has 0 aliphatic carbocycles. The molecule has 7 heteroatoms. The van der Waals surface area contributed by atoms with Gasteiger partial charge in [-0.25, -0.2) is 12.7 Å². The largest absolute Gasteiger partial charge is 0.330 e. The van der Waals surface area contributed by atoms with E-state index >= 15 is 0 Å². The van der Waals surface area contributed by atoms with E-state index in [4.69, 9.17) is 5.73 Å². The molecule has 0 saturated carbocycles. The highest BCUT2D eigenvalue weighted by molar-refractivity contribution is 9.10. The Bertz CT molecular complexity index is 584. The SMILES string of the molecule is CCCS(=O)(=O)N1CCC(CN)(c2ncccc2Br)CC1. The van der Waals surface area contributed by atoms with Crippen LogP contribution in [0.4, 0.5) is 0 Å². The van der Waals surface area contributed by atoms with Crippen LogP contribution in [0.3, 0.4) is 0 Å². The number of pyridine rings is 1. The van der Waals surface area contributed by atoms with E-state index in [1.165, 1.54) is 0 Å². The van der Waals surface area contributed by atoms with Crippen LogP contribution in [-0.4, -0.2) is 43.1 Å². The van der Waals surface area contributed by atoms with Gasteiger partial charge in [-0.2, -0.15) is 0 Å². The van der Waals surface area contributed by atoms with E-state index in [1.807, 2.05) is 19.1 Å². The highest BCUT2D eigenvalue weighted by atomic mass is 79.9. The van der Waals surface area contributed by atoms with E-state index in [9.17, 15) is 8.42 Å². The monoisotopic (exact) mass is 375 g/mol. The summed E-state index contributed by atoms with van der Waals surface area (Å²) in [6, 6.07) is 3.83. The average Bonchev–Trinajstić information content (AvgIpc) is 2.48. The summed E-state index contributed by atoms with van der Waals surface area (Å²) in [4.78, 5) is 4.47. The first-order chi connectivity index (χ1) is 9.95. The van der Waals surface area contributed by atoms with Gasteiger partial charge in [-0.3, -0.25) is 4.98 Å². The van der Waals surface area contributed by atoms with Crippen LogP contribution in [0.25, 0.3) is 0 Å². The van der Waals surface area contributed by atoms with Gasteiger partial charge in [0.25, 0.3) is 0 Å². The molecule has 1 saturated heterocycles. The van der Waals surface area contributed by atoms with E-state index in [0.29, 0.717) is 38.9 Å². The summed E-state index contributed by atoms with van der Waals surface area (Å²) in [6.07, 6.45) is 3.83. The topological polar surface area (TPSA) is 76.3 Å². The lowest BCUT2D eigenvalue weighted by atomic mass is 9.76. The highest BCUT2D eigenvalue weighted by Crippen LogP contribution is 2.37. The summed E-state index contributed by atoms with van der Waals surface area (Å²) in [5.41, 5.74) is 6.73. The van der Waals surface area contributed by atoms with Gasteiger partial charge in [0.2, 0.25) is 10.0 Å². The maximum atomic E-state index is 12.2. The second kappa shape index (κ2) is 6.73. The van der Waals surface area contributed by atoms with Gasteiger partial charge in [0.1, 0.15) is 0 Å². The first-order valence-corrected chi connectivity index (χ1v) is 9.64. The highest BCUT2D eigenvalue weighted by Gasteiger charge is 2.40. The number of halogens is 1. The fourth-order valence-corrected chi connectivity index (χ4v) is 5.08. The van der Waals surface area contributed by atoms with Gasteiger partial charge in [-0.05, 0) is 47.3 Å². The zero-order valence-electron chi connectivity index (χ0n) is 12.3. The third-order valence-electron chi connectivity index (χ3n) is 4.19. The van der Waals surface area contributed by atoms with Gasteiger partial charge in [0.05, 0.1) is 11.4 Å². The lowest BCUT2D eigenvalue weighted by Gasteiger charge is -2.40. The predicted molar refractivity (Wildman–Crippen MR) is 87.6 cm³/mol.